The molecule has 2 N–H and O–H groups in total. The summed E-state index contributed by atoms with van der Waals surface area (Å²) in [6.45, 7) is 0.291. The Labute approximate surface area is 117 Å². The molecule has 1 aliphatic rings. The van der Waals surface area contributed by atoms with Gasteiger partial charge in [0.2, 0.25) is 5.91 Å². The molecule has 2 aromatic rings. The summed E-state index contributed by atoms with van der Waals surface area (Å²) in [5.74, 6) is 0.00884. The zero-order chi connectivity index (χ0) is 13.9. The number of rotatable bonds is 3. The number of carbonyl (C=O) groups excluding carboxylic acids is 1. The van der Waals surface area contributed by atoms with Gasteiger partial charge in [0.1, 0.15) is 6.54 Å². The van der Waals surface area contributed by atoms with E-state index in [1.807, 2.05) is 28.8 Å². The Morgan fingerprint density at radius 2 is 2.05 bits per heavy atom. The molecule has 0 aliphatic heterocycles. The molecule has 5 heteroatoms. The first-order valence-electron chi connectivity index (χ1n) is 7.09. The number of fused-ring (bicyclic) bond motifs is 1. The molecule has 5 nitrogen and oxygen atoms in total. The van der Waals surface area contributed by atoms with E-state index >= 15 is 0 Å². The summed E-state index contributed by atoms with van der Waals surface area (Å²) in [6, 6.07) is 7.98. The summed E-state index contributed by atoms with van der Waals surface area (Å²) in [5, 5.41) is 12.5. The van der Waals surface area contributed by atoms with Crippen molar-refractivity contribution in [1.29, 1.82) is 0 Å². The van der Waals surface area contributed by atoms with Crippen LogP contribution in [0.1, 0.15) is 25.7 Å². The molecule has 0 bridgehead atoms. The van der Waals surface area contributed by atoms with Gasteiger partial charge in [0.15, 0.2) is 0 Å². The van der Waals surface area contributed by atoms with Crippen LogP contribution < -0.4 is 5.32 Å². The van der Waals surface area contributed by atoms with E-state index in [4.69, 9.17) is 0 Å². The second kappa shape index (κ2) is 5.63. The van der Waals surface area contributed by atoms with Crippen LogP contribution in [0.25, 0.3) is 11.0 Å². The van der Waals surface area contributed by atoms with E-state index in [0.717, 1.165) is 36.7 Å². The minimum atomic E-state index is -0.194. The Hall–Kier alpha value is -1.88. The van der Waals surface area contributed by atoms with Crippen molar-refractivity contribution in [2.45, 2.75) is 44.4 Å². The van der Waals surface area contributed by atoms with Gasteiger partial charge in [-0.25, -0.2) is 4.98 Å². The van der Waals surface area contributed by atoms with Crippen molar-refractivity contribution < 1.29 is 9.90 Å². The quantitative estimate of drug-likeness (QED) is 0.889. The molecule has 20 heavy (non-hydrogen) atoms. The maximum Gasteiger partial charge on any atom is 0.240 e. The van der Waals surface area contributed by atoms with Gasteiger partial charge in [-0.3, -0.25) is 4.79 Å². The Kier molecular flexibility index (Phi) is 3.69. The van der Waals surface area contributed by atoms with E-state index in [-0.39, 0.29) is 18.1 Å². The molecule has 1 amide bonds. The molecule has 1 aromatic heterocycles. The maximum atomic E-state index is 12.1. The van der Waals surface area contributed by atoms with Gasteiger partial charge in [-0.05, 0) is 37.8 Å². The molecule has 1 saturated carbocycles. The number of aliphatic hydroxyl groups is 1. The molecular formula is C15H19N3O2. The minimum Gasteiger partial charge on any atom is -0.393 e. The largest absolute Gasteiger partial charge is 0.393 e. The lowest BCUT2D eigenvalue weighted by Crippen LogP contribution is -2.40. The molecule has 0 spiro atoms. The van der Waals surface area contributed by atoms with Crippen LogP contribution in [0.5, 0.6) is 0 Å². The van der Waals surface area contributed by atoms with Gasteiger partial charge in [-0.1, -0.05) is 12.1 Å². The van der Waals surface area contributed by atoms with E-state index in [1.54, 1.807) is 6.33 Å². The number of para-hydroxylation sites is 2. The first kappa shape index (κ1) is 13.1. The summed E-state index contributed by atoms with van der Waals surface area (Å²) in [7, 11) is 0. The number of carbonyl (C=O) groups is 1. The Morgan fingerprint density at radius 3 is 2.85 bits per heavy atom. The highest BCUT2D eigenvalue weighted by Crippen LogP contribution is 2.18. The predicted molar refractivity (Wildman–Crippen MR) is 76.1 cm³/mol. The van der Waals surface area contributed by atoms with Crippen molar-refractivity contribution in [3.63, 3.8) is 0 Å². The van der Waals surface area contributed by atoms with Crippen LogP contribution in [-0.2, 0) is 11.3 Å². The number of aromatic nitrogens is 2. The molecule has 106 valence electrons. The number of benzene rings is 1. The highest BCUT2D eigenvalue weighted by Gasteiger charge is 2.20. The molecule has 1 aromatic carbocycles. The summed E-state index contributed by atoms with van der Waals surface area (Å²) in [4.78, 5) is 16.4. The summed E-state index contributed by atoms with van der Waals surface area (Å²) >= 11 is 0. The van der Waals surface area contributed by atoms with Gasteiger partial charge in [-0.15, -0.1) is 0 Å². The molecule has 1 heterocycles. The third kappa shape index (κ3) is 2.82. The smallest absolute Gasteiger partial charge is 0.240 e. The van der Waals surface area contributed by atoms with Crippen molar-refractivity contribution in [3.05, 3.63) is 30.6 Å². The average molecular weight is 273 g/mol. The second-order valence-corrected chi connectivity index (χ2v) is 5.43. The van der Waals surface area contributed by atoms with Crippen LogP contribution in [0, 0.1) is 0 Å². The zero-order valence-electron chi connectivity index (χ0n) is 11.3. The fourth-order valence-electron chi connectivity index (χ4n) is 2.78. The first-order valence-corrected chi connectivity index (χ1v) is 7.09. The van der Waals surface area contributed by atoms with Crippen molar-refractivity contribution in [1.82, 2.24) is 14.9 Å². The van der Waals surface area contributed by atoms with E-state index in [9.17, 15) is 9.90 Å². The first-order chi connectivity index (χ1) is 9.72. The highest BCUT2D eigenvalue weighted by molar-refractivity contribution is 5.80. The lowest BCUT2D eigenvalue weighted by molar-refractivity contribution is -0.122. The van der Waals surface area contributed by atoms with Gasteiger partial charge >= 0.3 is 0 Å². The normalized spacial score (nSPS) is 22.9. The summed E-state index contributed by atoms with van der Waals surface area (Å²) in [5.41, 5.74) is 1.88. The fraction of sp³-hybridized carbons (Fsp3) is 0.467. The van der Waals surface area contributed by atoms with Gasteiger partial charge in [0.05, 0.1) is 23.5 Å². The number of aliphatic hydroxyl groups excluding tert-OH is 1. The topological polar surface area (TPSA) is 67.2 Å². The van der Waals surface area contributed by atoms with Crippen LogP contribution in [0.3, 0.4) is 0 Å². The van der Waals surface area contributed by atoms with Crippen LogP contribution in [0.2, 0.25) is 0 Å². The van der Waals surface area contributed by atoms with Crippen molar-refractivity contribution in [2.75, 3.05) is 0 Å². The Morgan fingerprint density at radius 1 is 1.30 bits per heavy atom. The summed E-state index contributed by atoms with van der Waals surface area (Å²) < 4.78 is 1.86. The number of nitrogens with zero attached hydrogens (tertiary/aromatic N) is 2. The van der Waals surface area contributed by atoms with Crippen LogP contribution in [0.4, 0.5) is 0 Å². The standard InChI is InChI=1S/C15H19N3O2/c19-12-7-5-11(6-8-12)17-15(20)9-18-10-16-13-3-1-2-4-14(13)18/h1-4,10-12,19H,5-9H2,(H,17,20). The van der Waals surface area contributed by atoms with E-state index < -0.39 is 0 Å². The molecular weight excluding hydrogens is 254 g/mol. The van der Waals surface area contributed by atoms with Gasteiger partial charge in [0.25, 0.3) is 0 Å². The van der Waals surface area contributed by atoms with Gasteiger partial charge in [-0.2, -0.15) is 0 Å². The fourth-order valence-corrected chi connectivity index (χ4v) is 2.78. The van der Waals surface area contributed by atoms with Crippen LogP contribution in [-0.4, -0.2) is 32.7 Å². The molecule has 0 saturated heterocycles. The van der Waals surface area contributed by atoms with E-state index in [1.165, 1.54) is 0 Å². The minimum absolute atomic E-state index is 0.00884. The molecule has 0 atom stereocenters. The number of hydrogen-bond donors (Lipinski definition) is 2. The zero-order valence-corrected chi connectivity index (χ0v) is 11.3. The van der Waals surface area contributed by atoms with Crippen molar-refractivity contribution in [2.24, 2.45) is 0 Å². The second-order valence-electron chi connectivity index (χ2n) is 5.43. The summed E-state index contributed by atoms with van der Waals surface area (Å²) in [6.07, 6.45) is 4.78. The molecule has 1 aliphatic carbocycles. The van der Waals surface area contributed by atoms with Crippen molar-refractivity contribution in [3.8, 4) is 0 Å². The highest BCUT2D eigenvalue weighted by atomic mass is 16.3. The van der Waals surface area contributed by atoms with Crippen molar-refractivity contribution >= 4 is 16.9 Å². The predicted octanol–water partition coefficient (Wildman–Crippen LogP) is 1.46. The molecule has 0 unspecified atom stereocenters. The van der Waals surface area contributed by atoms with Crippen LogP contribution >= 0.6 is 0 Å². The van der Waals surface area contributed by atoms with Gasteiger partial charge < -0.3 is 15.0 Å². The third-order valence-corrected chi connectivity index (χ3v) is 3.90. The number of amides is 1. The third-order valence-electron chi connectivity index (χ3n) is 3.90. The maximum absolute atomic E-state index is 12.1. The Bertz CT molecular complexity index is 600. The monoisotopic (exact) mass is 273 g/mol. The number of hydrogen-bond acceptors (Lipinski definition) is 3. The SMILES string of the molecule is O=C(Cn1cnc2ccccc21)NC1CCC(O)CC1. The molecule has 3 rings (SSSR count). The number of imidazole rings is 1. The van der Waals surface area contributed by atoms with E-state index in [0.29, 0.717) is 6.54 Å². The Balaban J connectivity index is 1.61. The lowest BCUT2D eigenvalue weighted by Gasteiger charge is -2.26. The average Bonchev–Trinajstić information content (AvgIpc) is 2.85. The number of nitrogens with one attached hydrogen (secondary N) is 1. The lowest BCUT2D eigenvalue weighted by atomic mass is 9.93. The molecule has 1 fully saturated rings. The molecule has 0 radical (unpaired) electrons. The van der Waals surface area contributed by atoms with E-state index in [2.05, 4.69) is 10.3 Å². The van der Waals surface area contributed by atoms with Crippen LogP contribution in [0.15, 0.2) is 30.6 Å². The van der Waals surface area contributed by atoms with Gasteiger partial charge in [0, 0.05) is 6.04 Å².